The molecular formula is C18H24N4O3S2. The maximum atomic E-state index is 13.3. The van der Waals surface area contributed by atoms with Gasteiger partial charge in [0.2, 0.25) is 5.91 Å². The number of rotatable bonds is 5. The van der Waals surface area contributed by atoms with Crippen molar-refractivity contribution in [3.05, 3.63) is 20.8 Å². The van der Waals surface area contributed by atoms with Crippen molar-refractivity contribution < 1.29 is 9.59 Å². The Bertz CT molecular complexity index is 948. The molecule has 0 aliphatic heterocycles. The van der Waals surface area contributed by atoms with E-state index >= 15 is 0 Å². The van der Waals surface area contributed by atoms with Crippen LogP contribution in [0, 0.1) is 11.8 Å². The lowest BCUT2D eigenvalue weighted by Gasteiger charge is -2.18. The van der Waals surface area contributed by atoms with Crippen molar-refractivity contribution in [2.75, 3.05) is 5.75 Å². The number of imide groups is 1. The number of hydrogen-bond acceptors (Lipinski definition) is 6. The van der Waals surface area contributed by atoms with Crippen molar-refractivity contribution in [1.29, 1.82) is 0 Å². The standard InChI is InChI=1S/C18H24N4O3S2/c1-9(2)7-22-16(24)14-11-5-4-10(3)6-12(11)27-15(14)21-18(22)26-8-13(23)20-17(19)25/h9-10H,4-8H2,1-3H3,(H3,19,20,23,25)/t10-/m1/s1. The normalized spacial score (nSPS) is 16.5. The Morgan fingerprint density at radius 3 is 2.85 bits per heavy atom. The second-order valence-electron chi connectivity index (χ2n) is 7.44. The fourth-order valence-electron chi connectivity index (χ4n) is 3.34. The van der Waals surface area contributed by atoms with Gasteiger partial charge in [-0.05, 0) is 36.7 Å². The van der Waals surface area contributed by atoms with Gasteiger partial charge in [-0.25, -0.2) is 9.78 Å². The van der Waals surface area contributed by atoms with Crippen molar-refractivity contribution in [2.45, 2.75) is 51.7 Å². The zero-order valence-electron chi connectivity index (χ0n) is 15.7. The second kappa shape index (κ2) is 8.02. The minimum Gasteiger partial charge on any atom is -0.351 e. The van der Waals surface area contributed by atoms with Gasteiger partial charge in [-0.3, -0.25) is 19.5 Å². The number of thioether (sulfide) groups is 1. The number of urea groups is 1. The third kappa shape index (κ3) is 4.35. The highest BCUT2D eigenvalue weighted by Crippen LogP contribution is 2.36. The number of primary amides is 1. The smallest absolute Gasteiger partial charge is 0.318 e. The lowest BCUT2D eigenvalue weighted by molar-refractivity contribution is -0.117. The molecule has 0 saturated heterocycles. The molecule has 2 aromatic heterocycles. The van der Waals surface area contributed by atoms with Crippen LogP contribution >= 0.6 is 23.1 Å². The number of nitrogens with one attached hydrogen (secondary N) is 1. The molecule has 1 aliphatic rings. The Labute approximate surface area is 165 Å². The molecule has 1 atom stereocenters. The molecule has 0 aromatic carbocycles. The number of amides is 3. The minimum absolute atomic E-state index is 0.0267. The molecular weight excluding hydrogens is 384 g/mol. The van der Waals surface area contributed by atoms with E-state index < -0.39 is 11.9 Å². The van der Waals surface area contributed by atoms with E-state index in [4.69, 9.17) is 10.7 Å². The van der Waals surface area contributed by atoms with Crippen LogP contribution in [0.3, 0.4) is 0 Å². The van der Waals surface area contributed by atoms with Gasteiger partial charge >= 0.3 is 6.03 Å². The summed E-state index contributed by atoms with van der Waals surface area (Å²) in [5.74, 6) is 0.350. The highest BCUT2D eigenvalue weighted by Gasteiger charge is 2.25. The summed E-state index contributed by atoms with van der Waals surface area (Å²) in [5, 5.41) is 3.29. The zero-order chi connectivity index (χ0) is 19.7. The lowest BCUT2D eigenvalue weighted by atomic mass is 9.89. The number of carbonyl (C=O) groups excluding carboxylic acids is 2. The number of aryl methyl sites for hydroxylation is 1. The topological polar surface area (TPSA) is 107 Å². The first-order valence-corrected chi connectivity index (χ1v) is 10.8. The average Bonchev–Trinajstić information content (AvgIpc) is 2.92. The first-order valence-electron chi connectivity index (χ1n) is 9.03. The average molecular weight is 409 g/mol. The molecule has 2 heterocycles. The quantitative estimate of drug-likeness (QED) is 0.584. The van der Waals surface area contributed by atoms with Gasteiger partial charge < -0.3 is 5.73 Å². The van der Waals surface area contributed by atoms with Gasteiger partial charge in [0.15, 0.2) is 5.16 Å². The van der Waals surface area contributed by atoms with Gasteiger partial charge in [-0.1, -0.05) is 32.5 Å². The van der Waals surface area contributed by atoms with Crippen LogP contribution in [-0.4, -0.2) is 27.2 Å². The highest BCUT2D eigenvalue weighted by atomic mass is 32.2. The van der Waals surface area contributed by atoms with E-state index in [1.165, 1.54) is 4.88 Å². The van der Waals surface area contributed by atoms with Gasteiger partial charge in [0.1, 0.15) is 4.83 Å². The number of aromatic nitrogens is 2. The van der Waals surface area contributed by atoms with Gasteiger partial charge in [-0.2, -0.15) is 0 Å². The number of hydrogen-bond donors (Lipinski definition) is 2. The van der Waals surface area contributed by atoms with Crippen LogP contribution in [0.5, 0.6) is 0 Å². The van der Waals surface area contributed by atoms with Crippen LogP contribution in [0.15, 0.2) is 9.95 Å². The third-order valence-corrected chi connectivity index (χ3v) is 6.65. The molecule has 146 valence electrons. The summed E-state index contributed by atoms with van der Waals surface area (Å²) in [6, 6.07) is -0.886. The molecule has 0 bridgehead atoms. The molecule has 2 aromatic rings. The second-order valence-corrected chi connectivity index (χ2v) is 9.46. The van der Waals surface area contributed by atoms with Crippen molar-refractivity contribution in [3.63, 3.8) is 0 Å². The van der Waals surface area contributed by atoms with Crippen molar-refractivity contribution in [2.24, 2.45) is 17.6 Å². The van der Waals surface area contributed by atoms with Gasteiger partial charge in [-0.15, -0.1) is 11.3 Å². The number of thiophene rings is 1. The molecule has 0 fully saturated rings. The summed E-state index contributed by atoms with van der Waals surface area (Å²) < 4.78 is 1.67. The molecule has 7 nitrogen and oxygen atoms in total. The Morgan fingerprint density at radius 1 is 1.44 bits per heavy atom. The molecule has 0 spiro atoms. The largest absolute Gasteiger partial charge is 0.351 e. The number of nitrogens with zero attached hydrogens (tertiary/aromatic N) is 2. The van der Waals surface area contributed by atoms with Crippen molar-refractivity contribution in [1.82, 2.24) is 14.9 Å². The van der Waals surface area contributed by atoms with Crippen molar-refractivity contribution >= 4 is 45.3 Å². The Hall–Kier alpha value is -1.87. The van der Waals surface area contributed by atoms with Gasteiger partial charge in [0.05, 0.1) is 11.1 Å². The minimum atomic E-state index is -0.886. The molecule has 3 N–H and O–H groups in total. The molecule has 3 rings (SSSR count). The summed E-state index contributed by atoms with van der Waals surface area (Å²) >= 11 is 2.75. The van der Waals surface area contributed by atoms with E-state index in [-0.39, 0.29) is 17.2 Å². The van der Waals surface area contributed by atoms with Gasteiger partial charge in [0, 0.05) is 11.4 Å². The molecule has 0 radical (unpaired) electrons. The maximum Gasteiger partial charge on any atom is 0.318 e. The monoisotopic (exact) mass is 408 g/mol. The maximum absolute atomic E-state index is 13.3. The van der Waals surface area contributed by atoms with E-state index in [0.29, 0.717) is 17.6 Å². The van der Waals surface area contributed by atoms with E-state index in [1.807, 2.05) is 19.2 Å². The fourth-order valence-corrected chi connectivity index (χ4v) is 5.58. The predicted molar refractivity (Wildman–Crippen MR) is 108 cm³/mol. The van der Waals surface area contributed by atoms with E-state index in [0.717, 1.165) is 46.8 Å². The van der Waals surface area contributed by atoms with E-state index in [2.05, 4.69) is 6.92 Å². The number of nitrogens with two attached hydrogens (primary N) is 1. The Kier molecular flexibility index (Phi) is 5.90. The van der Waals surface area contributed by atoms with Crippen LogP contribution in [0.4, 0.5) is 4.79 Å². The Morgan fingerprint density at radius 2 is 2.19 bits per heavy atom. The van der Waals surface area contributed by atoms with Crippen molar-refractivity contribution in [3.8, 4) is 0 Å². The summed E-state index contributed by atoms with van der Waals surface area (Å²) in [5.41, 5.74) is 6.10. The third-order valence-electron chi connectivity index (χ3n) is 4.52. The number of carbonyl (C=O) groups is 2. The van der Waals surface area contributed by atoms with Crippen LogP contribution < -0.4 is 16.6 Å². The molecule has 0 saturated carbocycles. The van der Waals surface area contributed by atoms with Crippen LogP contribution in [0.2, 0.25) is 0 Å². The first kappa shape index (κ1) is 19.9. The van der Waals surface area contributed by atoms with Crippen LogP contribution in [0.25, 0.3) is 10.2 Å². The highest BCUT2D eigenvalue weighted by molar-refractivity contribution is 7.99. The van der Waals surface area contributed by atoms with Gasteiger partial charge in [0.25, 0.3) is 5.56 Å². The van der Waals surface area contributed by atoms with E-state index in [9.17, 15) is 14.4 Å². The van der Waals surface area contributed by atoms with Crippen LogP contribution in [-0.2, 0) is 24.2 Å². The molecule has 1 aliphatic carbocycles. The molecule has 9 heteroatoms. The SMILES string of the molecule is CC(C)Cn1c(SCC(=O)NC(N)=O)nc2sc3c(c2c1=O)CC[C@@H](C)C3. The summed E-state index contributed by atoms with van der Waals surface area (Å²) in [6.07, 6.45) is 3.00. The summed E-state index contributed by atoms with van der Waals surface area (Å²) in [7, 11) is 0. The fraction of sp³-hybridized carbons (Fsp3) is 0.556. The summed E-state index contributed by atoms with van der Waals surface area (Å²) in [6.45, 7) is 6.84. The zero-order valence-corrected chi connectivity index (χ0v) is 17.3. The molecule has 27 heavy (non-hydrogen) atoms. The lowest BCUT2D eigenvalue weighted by Crippen LogP contribution is -2.36. The molecule has 0 unspecified atom stereocenters. The Balaban J connectivity index is 2.02. The van der Waals surface area contributed by atoms with E-state index in [1.54, 1.807) is 15.9 Å². The van der Waals surface area contributed by atoms with Crippen LogP contribution in [0.1, 0.15) is 37.6 Å². The first-order chi connectivity index (χ1) is 12.8. The molecule has 3 amide bonds. The summed E-state index contributed by atoms with van der Waals surface area (Å²) in [4.78, 5) is 42.6. The number of fused-ring (bicyclic) bond motifs is 3. The predicted octanol–water partition coefficient (Wildman–Crippen LogP) is 2.53.